The van der Waals surface area contributed by atoms with Gasteiger partial charge in [-0.25, -0.2) is 0 Å². The number of nitrogens with one attached hydrogen (secondary N) is 1. The molecule has 1 saturated carbocycles. The Morgan fingerprint density at radius 3 is 2.21 bits per heavy atom. The van der Waals surface area contributed by atoms with Gasteiger partial charge in [0.15, 0.2) is 0 Å². The quantitative estimate of drug-likeness (QED) is 0.778. The smallest absolute Gasteiger partial charge is 0.237 e. The van der Waals surface area contributed by atoms with Crippen molar-refractivity contribution < 1.29 is 9.59 Å². The molecule has 2 amide bonds. The molecule has 0 aromatic heterocycles. The third kappa shape index (κ3) is 3.69. The number of likely N-dealkylation sites (tertiary alicyclic amines) is 1. The van der Waals surface area contributed by atoms with Crippen molar-refractivity contribution in [3.05, 3.63) is 0 Å². The van der Waals surface area contributed by atoms with E-state index in [0.29, 0.717) is 11.8 Å². The van der Waals surface area contributed by atoms with Crippen LogP contribution in [0.2, 0.25) is 0 Å². The molecule has 0 bridgehead atoms. The normalized spacial score (nSPS) is 22.4. The van der Waals surface area contributed by atoms with Gasteiger partial charge in [-0.3, -0.25) is 9.59 Å². The van der Waals surface area contributed by atoms with Gasteiger partial charge >= 0.3 is 0 Å². The first-order valence-electron chi connectivity index (χ1n) is 7.33. The molecular weight excluding hydrogens is 242 g/mol. The zero-order chi connectivity index (χ0) is 14.0. The third-order valence-corrected chi connectivity index (χ3v) is 4.10. The number of carbonyl (C=O) groups is 2. The van der Waals surface area contributed by atoms with Gasteiger partial charge in [-0.1, -0.05) is 13.8 Å². The summed E-state index contributed by atoms with van der Waals surface area (Å²) >= 11 is 0. The summed E-state index contributed by atoms with van der Waals surface area (Å²) in [6.07, 6.45) is 3.79. The number of nitrogens with zero attached hydrogens (tertiary/aromatic N) is 1. The molecule has 0 radical (unpaired) electrons. The first kappa shape index (κ1) is 14.3. The molecule has 1 saturated heterocycles. The Kier molecular flexibility index (Phi) is 4.45. The highest BCUT2D eigenvalue weighted by Gasteiger charge is 2.35. The molecule has 5 nitrogen and oxygen atoms in total. The molecule has 1 heterocycles. The van der Waals surface area contributed by atoms with E-state index in [-0.39, 0.29) is 17.9 Å². The number of carbonyl (C=O) groups excluding carboxylic acids is 2. The number of nitrogens with two attached hydrogens (primary N) is 1. The van der Waals surface area contributed by atoms with Crippen LogP contribution in [-0.2, 0) is 9.59 Å². The van der Waals surface area contributed by atoms with Crippen molar-refractivity contribution in [3.63, 3.8) is 0 Å². The fraction of sp³-hybridized carbons (Fsp3) is 0.857. The molecular formula is C14H25N3O2. The molecule has 1 unspecified atom stereocenters. The average molecular weight is 267 g/mol. The van der Waals surface area contributed by atoms with E-state index in [1.54, 1.807) is 0 Å². The highest BCUT2D eigenvalue weighted by Crippen LogP contribution is 2.31. The Morgan fingerprint density at radius 2 is 1.74 bits per heavy atom. The summed E-state index contributed by atoms with van der Waals surface area (Å²) < 4.78 is 0. The van der Waals surface area contributed by atoms with Gasteiger partial charge < -0.3 is 16.0 Å². The van der Waals surface area contributed by atoms with Crippen LogP contribution in [0.1, 0.15) is 39.5 Å². The molecule has 2 fully saturated rings. The van der Waals surface area contributed by atoms with E-state index in [9.17, 15) is 9.59 Å². The second-order valence-corrected chi connectivity index (χ2v) is 6.15. The molecule has 0 aromatic carbocycles. The lowest BCUT2D eigenvalue weighted by atomic mass is 10.0. The molecule has 1 atom stereocenters. The van der Waals surface area contributed by atoms with Crippen LogP contribution < -0.4 is 11.1 Å². The monoisotopic (exact) mass is 267 g/mol. The summed E-state index contributed by atoms with van der Waals surface area (Å²) in [4.78, 5) is 25.7. The summed E-state index contributed by atoms with van der Waals surface area (Å²) in [6, 6.07) is -0.272. The zero-order valence-corrected chi connectivity index (χ0v) is 11.9. The van der Waals surface area contributed by atoms with Crippen molar-refractivity contribution in [1.82, 2.24) is 10.2 Å². The van der Waals surface area contributed by atoms with Crippen LogP contribution in [0.15, 0.2) is 0 Å². The van der Waals surface area contributed by atoms with Gasteiger partial charge in [0, 0.05) is 25.0 Å². The largest absolute Gasteiger partial charge is 0.352 e. The van der Waals surface area contributed by atoms with E-state index in [1.807, 2.05) is 18.7 Å². The maximum Gasteiger partial charge on any atom is 0.237 e. The van der Waals surface area contributed by atoms with Crippen LogP contribution >= 0.6 is 0 Å². The van der Waals surface area contributed by atoms with Crippen molar-refractivity contribution in [3.8, 4) is 0 Å². The molecule has 0 spiro atoms. The zero-order valence-electron chi connectivity index (χ0n) is 11.9. The van der Waals surface area contributed by atoms with Gasteiger partial charge in [0.1, 0.15) is 0 Å². The first-order valence-corrected chi connectivity index (χ1v) is 7.33. The van der Waals surface area contributed by atoms with Gasteiger partial charge in [0.05, 0.1) is 6.04 Å². The van der Waals surface area contributed by atoms with E-state index in [0.717, 1.165) is 38.8 Å². The Balaban J connectivity index is 1.74. The van der Waals surface area contributed by atoms with Crippen LogP contribution in [-0.4, -0.2) is 41.9 Å². The molecule has 1 aliphatic heterocycles. The highest BCUT2D eigenvalue weighted by molar-refractivity contribution is 5.82. The molecule has 1 aliphatic carbocycles. The fourth-order valence-electron chi connectivity index (χ4n) is 2.43. The Labute approximate surface area is 114 Å². The standard InChI is InChI=1S/C14H25N3O2/c1-9(2)12(15)13(18)16-11-5-7-17(8-6-11)14(19)10-3-4-10/h9-12H,3-8,15H2,1-2H3,(H,16,18). The number of hydrogen-bond acceptors (Lipinski definition) is 3. The topological polar surface area (TPSA) is 75.4 Å². The van der Waals surface area contributed by atoms with Crippen LogP contribution in [0.4, 0.5) is 0 Å². The predicted octanol–water partition coefficient (Wildman–Crippen LogP) is 0.487. The highest BCUT2D eigenvalue weighted by atomic mass is 16.2. The molecule has 3 N–H and O–H groups in total. The number of hydrogen-bond donors (Lipinski definition) is 2. The van der Waals surface area contributed by atoms with Crippen LogP contribution in [0.5, 0.6) is 0 Å². The SMILES string of the molecule is CC(C)C(N)C(=O)NC1CCN(C(=O)C2CC2)CC1. The minimum Gasteiger partial charge on any atom is -0.352 e. The lowest BCUT2D eigenvalue weighted by Gasteiger charge is -2.33. The van der Waals surface area contributed by atoms with Gasteiger partial charge in [0.25, 0.3) is 0 Å². The van der Waals surface area contributed by atoms with Crippen molar-refractivity contribution in [1.29, 1.82) is 0 Å². The summed E-state index contributed by atoms with van der Waals surface area (Å²) in [5.41, 5.74) is 5.82. The molecule has 2 aliphatic rings. The molecule has 108 valence electrons. The van der Waals surface area contributed by atoms with Crippen LogP contribution in [0, 0.1) is 11.8 Å². The van der Waals surface area contributed by atoms with Crippen molar-refractivity contribution in [2.75, 3.05) is 13.1 Å². The summed E-state index contributed by atoms with van der Waals surface area (Å²) in [6.45, 7) is 5.41. The minimum atomic E-state index is -0.439. The number of rotatable bonds is 4. The average Bonchev–Trinajstić information content (AvgIpc) is 3.22. The van der Waals surface area contributed by atoms with Crippen LogP contribution in [0.3, 0.4) is 0 Å². The van der Waals surface area contributed by atoms with E-state index in [1.165, 1.54) is 0 Å². The number of amides is 2. The number of piperidine rings is 1. The molecule has 2 rings (SSSR count). The van der Waals surface area contributed by atoms with E-state index >= 15 is 0 Å². The molecule has 0 aromatic rings. The van der Waals surface area contributed by atoms with Gasteiger partial charge in [0.2, 0.25) is 11.8 Å². The van der Waals surface area contributed by atoms with Crippen molar-refractivity contribution in [2.45, 2.75) is 51.6 Å². The maximum absolute atomic E-state index is 11.9. The van der Waals surface area contributed by atoms with Gasteiger partial charge in [-0.15, -0.1) is 0 Å². The third-order valence-electron chi connectivity index (χ3n) is 4.10. The van der Waals surface area contributed by atoms with E-state index in [2.05, 4.69) is 5.32 Å². The molecule has 5 heteroatoms. The van der Waals surface area contributed by atoms with Gasteiger partial charge in [-0.2, -0.15) is 0 Å². The lowest BCUT2D eigenvalue weighted by Crippen LogP contribution is -2.52. The maximum atomic E-state index is 11.9. The lowest BCUT2D eigenvalue weighted by molar-refractivity contribution is -0.133. The Bertz CT molecular complexity index is 345. The summed E-state index contributed by atoms with van der Waals surface area (Å²) in [5.74, 6) is 0.683. The van der Waals surface area contributed by atoms with Crippen molar-refractivity contribution >= 4 is 11.8 Å². The van der Waals surface area contributed by atoms with Gasteiger partial charge in [-0.05, 0) is 31.6 Å². The summed E-state index contributed by atoms with van der Waals surface area (Å²) in [7, 11) is 0. The second-order valence-electron chi connectivity index (χ2n) is 6.15. The van der Waals surface area contributed by atoms with Crippen molar-refractivity contribution in [2.24, 2.45) is 17.6 Å². The van der Waals surface area contributed by atoms with E-state index < -0.39 is 6.04 Å². The second kappa shape index (κ2) is 5.90. The predicted molar refractivity (Wildman–Crippen MR) is 73.3 cm³/mol. The first-order chi connectivity index (χ1) is 8.99. The van der Waals surface area contributed by atoms with Crippen LogP contribution in [0.25, 0.3) is 0 Å². The Morgan fingerprint density at radius 1 is 1.16 bits per heavy atom. The molecule has 19 heavy (non-hydrogen) atoms. The van der Waals surface area contributed by atoms with E-state index in [4.69, 9.17) is 5.73 Å². The fourth-order valence-corrected chi connectivity index (χ4v) is 2.43. The summed E-state index contributed by atoms with van der Waals surface area (Å²) in [5, 5.41) is 3.00. The Hall–Kier alpha value is -1.10. The minimum absolute atomic E-state index is 0.0676.